The molecule has 1 saturated carbocycles. The molecule has 0 aromatic carbocycles. The molecule has 0 spiro atoms. The van der Waals surface area contributed by atoms with E-state index in [2.05, 4.69) is 9.97 Å². The molecule has 92 valence electrons. The first-order valence-corrected chi connectivity index (χ1v) is 6.40. The number of carboxylic acid groups (broad SMARTS) is 1. The van der Waals surface area contributed by atoms with Crippen molar-refractivity contribution in [1.82, 2.24) is 9.97 Å². The summed E-state index contributed by atoms with van der Waals surface area (Å²) in [4.78, 5) is 28.7. The lowest BCUT2D eigenvalue weighted by molar-refractivity contribution is -0.138. The number of aromatic nitrogens is 2. The zero-order valence-electron chi connectivity index (χ0n) is 9.52. The molecule has 2 rings (SSSR count). The fourth-order valence-electron chi connectivity index (χ4n) is 1.72. The third-order valence-corrected chi connectivity index (χ3v) is 4.11. The average Bonchev–Trinajstić information content (AvgIpc) is 2.93. The summed E-state index contributed by atoms with van der Waals surface area (Å²) in [6.45, 7) is 1.73. The van der Waals surface area contributed by atoms with E-state index in [0.29, 0.717) is 10.9 Å². The van der Waals surface area contributed by atoms with Gasteiger partial charge in [-0.15, -0.1) is 11.8 Å². The summed E-state index contributed by atoms with van der Waals surface area (Å²) in [5, 5.41) is 9.46. The van der Waals surface area contributed by atoms with Crippen LogP contribution < -0.4 is 5.56 Å². The van der Waals surface area contributed by atoms with Gasteiger partial charge in [-0.2, -0.15) is 0 Å². The second-order valence-corrected chi connectivity index (χ2v) is 5.52. The van der Waals surface area contributed by atoms with Gasteiger partial charge >= 0.3 is 5.97 Å². The maximum absolute atomic E-state index is 11.2. The molecule has 17 heavy (non-hydrogen) atoms. The van der Waals surface area contributed by atoms with Gasteiger partial charge in [0.1, 0.15) is 10.9 Å². The third kappa shape index (κ3) is 3.33. The van der Waals surface area contributed by atoms with Gasteiger partial charge in [0, 0.05) is 11.8 Å². The summed E-state index contributed by atoms with van der Waals surface area (Å²) in [5.74, 6) is 0.552. The van der Waals surface area contributed by atoms with E-state index in [0.717, 1.165) is 18.6 Å². The Hall–Kier alpha value is -1.30. The first-order chi connectivity index (χ1) is 7.99. The monoisotopic (exact) mass is 254 g/mol. The van der Waals surface area contributed by atoms with Crippen molar-refractivity contribution in [3.8, 4) is 0 Å². The summed E-state index contributed by atoms with van der Waals surface area (Å²) in [6, 6.07) is 1.45. The molecule has 0 bridgehead atoms. The Bertz CT molecular complexity index is 494. The molecule has 0 amide bonds. The van der Waals surface area contributed by atoms with E-state index in [1.165, 1.54) is 17.8 Å². The minimum atomic E-state index is -0.752. The first-order valence-electron chi connectivity index (χ1n) is 5.42. The minimum absolute atomic E-state index is 0.0747. The molecule has 0 unspecified atom stereocenters. The highest BCUT2D eigenvalue weighted by Crippen LogP contribution is 2.51. The van der Waals surface area contributed by atoms with Gasteiger partial charge in [-0.3, -0.25) is 9.59 Å². The molecular formula is C11H14N2O3S. The molecule has 1 aliphatic carbocycles. The van der Waals surface area contributed by atoms with Gasteiger partial charge in [0.05, 0.1) is 6.42 Å². The molecule has 0 radical (unpaired) electrons. The maximum atomic E-state index is 11.2. The Balaban J connectivity index is 1.98. The van der Waals surface area contributed by atoms with E-state index in [9.17, 15) is 9.59 Å². The van der Waals surface area contributed by atoms with Gasteiger partial charge in [-0.1, -0.05) is 0 Å². The predicted octanol–water partition coefficient (Wildman–Crippen LogP) is 1.43. The number of carbonyl (C=O) groups is 1. The first kappa shape index (κ1) is 12.2. The van der Waals surface area contributed by atoms with E-state index in [1.807, 2.05) is 0 Å². The second kappa shape index (κ2) is 4.52. The Kier molecular flexibility index (Phi) is 3.24. The van der Waals surface area contributed by atoms with Crippen LogP contribution in [0.2, 0.25) is 0 Å². The molecule has 1 heterocycles. The Morgan fingerprint density at radius 2 is 2.35 bits per heavy atom. The van der Waals surface area contributed by atoms with Crippen LogP contribution in [0.25, 0.3) is 0 Å². The second-order valence-electron chi connectivity index (χ2n) is 4.53. The van der Waals surface area contributed by atoms with Crippen molar-refractivity contribution < 1.29 is 9.90 Å². The number of nitrogens with one attached hydrogen (secondary N) is 1. The van der Waals surface area contributed by atoms with Crippen LogP contribution in [0.4, 0.5) is 0 Å². The molecule has 6 heteroatoms. The quantitative estimate of drug-likeness (QED) is 0.613. The fourth-order valence-corrected chi connectivity index (χ4v) is 2.96. The van der Waals surface area contributed by atoms with E-state index in [-0.39, 0.29) is 17.4 Å². The van der Waals surface area contributed by atoms with Crippen LogP contribution in [-0.4, -0.2) is 26.8 Å². The van der Waals surface area contributed by atoms with Gasteiger partial charge in [0.25, 0.3) is 5.56 Å². The van der Waals surface area contributed by atoms with Crippen molar-refractivity contribution in [2.24, 2.45) is 5.41 Å². The van der Waals surface area contributed by atoms with Gasteiger partial charge in [0.2, 0.25) is 0 Å². The molecule has 0 aliphatic heterocycles. The summed E-state index contributed by atoms with van der Waals surface area (Å²) in [6.07, 6.45) is 2.12. The normalized spacial score (nSPS) is 16.8. The number of aliphatic carboxylic acids is 1. The molecule has 1 aromatic rings. The van der Waals surface area contributed by atoms with Crippen LogP contribution in [0.3, 0.4) is 0 Å². The SMILES string of the molecule is Cc1nc(SCC2(CC(=O)O)CC2)cc(=O)[nH]1. The molecule has 0 saturated heterocycles. The molecule has 1 aliphatic rings. The van der Waals surface area contributed by atoms with Gasteiger partial charge in [-0.05, 0) is 25.2 Å². The molecule has 2 N–H and O–H groups in total. The van der Waals surface area contributed by atoms with Crippen molar-refractivity contribution in [1.29, 1.82) is 0 Å². The largest absolute Gasteiger partial charge is 0.481 e. The number of hydrogen-bond donors (Lipinski definition) is 2. The smallest absolute Gasteiger partial charge is 0.303 e. The van der Waals surface area contributed by atoms with Crippen LogP contribution in [0.1, 0.15) is 25.1 Å². The van der Waals surface area contributed by atoms with Crippen LogP contribution in [0.5, 0.6) is 0 Å². The van der Waals surface area contributed by atoms with Crippen LogP contribution in [0, 0.1) is 12.3 Å². The molecule has 5 nitrogen and oxygen atoms in total. The summed E-state index contributed by atoms with van der Waals surface area (Å²) in [7, 11) is 0. The highest BCUT2D eigenvalue weighted by molar-refractivity contribution is 7.99. The summed E-state index contributed by atoms with van der Waals surface area (Å²) < 4.78 is 0. The highest BCUT2D eigenvalue weighted by atomic mass is 32.2. The van der Waals surface area contributed by atoms with Crippen molar-refractivity contribution in [2.75, 3.05) is 5.75 Å². The Morgan fingerprint density at radius 1 is 1.65 bits per heavy atom. The zero-order chi connectivity index (χ0) is 12.5. The average molecular weight is 254 g/mol. The lowest BCUT2D eigenvalue weighted by Crippen LogP contribution is -2.12. The van der Waals surface area contributed by atoms with Gasteiger partial charge in [0.15, 0.2) is 0 Å². The van der Waals surface area contributed by atoms with Gasteiger partial charge < -0.3 is 10.1 Å². The van der Waals surface area contributed by atoms with Crippen molar-refractivity contribution in [3.63, 3.8) is 0 Å². The molecular weight excluding hydrogens is 240 g/mol. The number of H-pyrrole nitrogens is 1. The van der Waals surface area contributed by atoms with E-state index in [4.69, 9.17) is 5.11 Å². The van der Waals surface area contributed by atoms with E-state index < -0.39 is 5.97 Å². The van der Waals surface area contributed by atoms with Crippen LogP contribution >= 0.6 is 11.8 Å². The number of aromatic amines is 1. The number of thioether (sulfide) groups is 1. The topological polar surface area (TPSA) is 83.0 Å². The Morgan fingerprint density at radius 3 is 2.88 bits per heavy atom. The molecule has 1 fully saturated rings. The van der Waals surface area contributed by atoms with Crippen molar-refractivity contribution in [3.05, 3.63) is 22.2 Å². The number of hydrogen-bond acceptors (Lipinski definition) is 4. The number of carboxylic acids is 1. The Labute approximate surface area is 103 Å². The number of nitrogens with zero attached hydrogens (tertiary/aromatic N) is 1. The lowest BCUT2D eigenvalue weighted by atomic mass is 10.1. The highest BCUT2D eigenvalue weighted by Gasteiger charge is 2.44. The summed E-state index contributed by atoms with van der Waals surface area (Å²) >= 11 is 1.47. The van der Waals surface area contributed by atoms with Gasteiger partial charge in [-0.25, -0.2) is 4.98 Å². The van der Waals surface area contributed by atoms with E-state index in [1.54, 1.807) is 6.92 Å². The number of rotatable bonds is 5. The molecule has 0 atom stereocenters. The van der Waals surface area contributed by atoms with Crippen molar-refractivity contribution >= 4 is 17.7 Å². The number of aryl methyl sites for hydroxylation is 1. The standard InChI is InChI=1S/C11H14N2O3S/c1-7-12-8(14)4-9(13-7)17-6-11(2-3-11)5-10(15)16/h4H,2-3,5-6H2,1H3,(H,15,16)(H,12,13,14). The third-order valence-electron chi connectivity index (χ3n) is 2.85. The van der Waals surface area contributed by atoms with Crippen LogP contribution in [0.15, 0.2) is 15.9 Å². The minimum Gasteiger partial charge on any atom is -0.481 e. The van der Waals surface area contributed by atoms with Crippen LogP contribution in [-0.2, 0) is 4.79 Å². The maximum Gasteiger partial charge on any atom is 0.303 e. The summed E-state index contributed by atoms with van der Waals surface area (Å²) in [5.41, 5.74) is -0.239. The lowest BCUT2D eigenvalue weighted by Gasteiger charge is -2.11. The fraction of sp³-hybridized carbons (Fsp3) is 0.545. The van der Waals surface area contributed by atoms with E-state index >= 15 is 0 Å². The zero-order valence-corrected chi connectivity index (χ0v) is 10.3. The molecule has 1 aromatic heterocycles. The predicted molar refractivity (Wildman–Crippen MR) is 64.2 cm³/mol. The van der Waals surface area contributed by atoms with Crippen molar-refractivity contribution in [2.45, 2.75) is 31.2 Å².